The number of piperazine rings is 1. The number of thiophene rings is 1. The van der Waals surface area contributed by atoms with Crippen LogP contribution in [-0.2, 0) is 16.1 Å². The predicted molar refractivity (Wildman–Crippen MR) is 95.2 cm³/mol. The SMILES string of the molecule is COCC1(C(=O)N2CCN(Cc3cccs3)CC2)CCNC1.Cl. The number of amides is 1. The molecule has 0 radical (unpaired) electrons. The van der Waals surface area contributed by atoms with Crippen molar-refractivity contribution in [2.45, 2.75) is 13.0 Å². The van der Waals surface area contributed by atoms with Crippen molar-refractivity contribution in [1.29, 1.82) is 0 Å². The van der Waals surface area contributed by atoms with Gasteiger partial charge in [-0.05, 0) is 24.4 Å². The van der Waals surface area contributed by atoms with Crippen LogP contribution in [0.3, 0.4) is 0 Å². The van der Waals surface area contributed by atoms with Gasteiger partial charge in [0.2, 0.25) is 5.91 Å². The summed E-state index contributed by atoms with van der Waals surface area (Å²) in [4.78, 5) is 18.8. The van der Waals surface area contributed by atoms with Gasteiger partial charge in [-0.3, -0.25) is 9.69 Å². The first-order valence-electron chi connectivity index (χ1n) is 7.97. The van der Waals surface area contributed by atoms with Crippen LogP contribution in [0.1, 0.15) is 11.3 Å². The van der Waals surface area contributed by atoms with Gasteiger partial charge < -0.3 is 15.0 Å². The van der Waals surface area contributed by atoms with Crippen molar-refractivity contribution in [1.82, 2.24) is 15.1 Å². The number of hydrogen-bond donors (Lipinski definition) is 1. The molecule has 0 aromatic carbocycles. The van der Waals surface area contributed by atoms with Crippen LogP contribution in [-0.4, -0.2) is 68.7 Å². The Morgan fingerprint density at radius 2 is 2.17 bits per heavy atom. The zero-order valence-corrected chi connectivity index (χ0v) is 15.3. The minimum atomic E-state index is -0.343. The summed E-state index contributed by atoms with van der Waals surface area (Å²) >= 11 is 1.80. The summed E-state index contributed by atoms with van der Waals surface area (Å²) in [6.07, 6.45) is 0.884. The molecule has 1 atom stereocenters. The lowest BCUT2D eigenvalue weighted by Crippen LogP contribution is -2.54. The van der Waals surface area contributed by atoms with Crippen LogP contribution in [0.25, 0.3) is 0 Å². The molecule has 2 aliphatic rings. The Bertz CT molecular complexity index is 484. The Morgan fingerprint density at radius 3 is 2.74 bits per heavy atom. The van der Waals surface area contributed by atoms with Gasteiger partial charge in [0.25, 0.3) is 0 Å². The first-order chi connectivity index (χ1) is 10.7. The van der Waals surface area contributed by atoms with Crippen molar-refractivity contribution in [2.75, 3.05) is 53.0 Å². The third kappa shape index (κ3) is 4.25. The predicted octanol–water partition coefficient (Wildman–Crippen LogP) is 1.44. The molecule has 1 unspecified atom stereocenters. The normalized spacial score (nSPS) is 25.3. The molecule has 130 valence electrons. The Morgan fingerprint density at radius 1 is 1.39 bits per heavy atom. The van der Waals surface area contributed by atoms with E-state index in [9.17, 15) is 4.79 Å². The van der Waals surface area contributed by atoms with Gasteiger partial charge in [-0.2, -0.15) is 0 Å². The lowest BCUT2D eigenvalue weighted by Gasteiger charge is -2.39. The molecule has 1 aromatic rings. The maximum absolute atomic E-state index is 12.9. The molecule has 1 amide bonds. The van der Waals surface area contributed by atoms with E-state index in [-0.39, 0.29) is 23.7 Å². The summed E-state index contributed by atoms with van der Waals surface area (Å²) < 4.78 is 5.34. The largest absolute Gasteiger partial charge is 0.384 e. The summed E-state index contributed by atoms with van der Waals surface area (Å²) in [5.41, 5.74) is -0.343. The monoisotopic (exact) mass is 359 g/mol. The smallest absolute Gasteiger partial charge is 0.232 e. The molecule has 0 aliphatic carbocycles. The molecule has 2 fully saturated rings. The summed E-state index contributed by atoms with van der Waals surface area (Å²) in [5, 5.41) is 5.44. The van der Waals surface area contributed by atoms with E-state index in [1.807, 2.05) is 4.90 Å². The van der Waals surface area contributed by atoms with E-state index in [2.05, 4.69) is 27.7 Å². The van der Waals surface area contributed by atoms with Crippen molar-refractivity contribution < 1.29 is 9.53 Å². The molecule has 5 nitrogen and oxygen atoms in total. The first-order valence-corrected chi connectivity index (χ1v) is 8.85. The average Bonchev–Trinajstić information content (AvgIpc) is 3.20. The number of carbonyl (C=O) groups is 1. The van der Waals surface area contributed by atoms with Gasteiger partial charge in [-0.1, -0.05) is 6.07 Å². The van der Waals surface area contributed by atoms with E-state index >= 15 is 0 Å². The summed E-state index contributed by atoms with van der Waals surface area (Å²) in [5.74, 6) is 0.273. The van der Waals surface area contributed by atoms with E-state index in [0.29, 0.717) is 6.61 Å². The quantitative estimate of drug-likeness (QED) is 0.864. The van der Waals surface area contributed by atoms with Gasteiger partial charge in [0.1, 0.15) is 0 Å². The van der Waals surface area contributed by atoms with Crippen LogP contribution >= 0.6 is 23.7 Å². The number of carbonyl (C=O) groups excluding carboxylic acids is 1. The molecule has 3 heterocycles. The number of ether oxygens (including phenoxy) is 1. The third-order valence-electron chi connectivity index (χ3n) is 4.74. The molecular weight excluding hydrogens is 334 g/mol. The van der Waals surface area contributed by atoms with Crippen LogP contribution in [0.2, 0.25) is 0 Å². The fourth-order valence-electron chi connectivity index (χ4n) is 3.45. The Kier molecular flexibility index (Phi) is 6.85. The van der Waals surface area contributed by atoms with Gasteiger partial charge >= 0.3 is 0 Å². The van der Waals surface area contributed by atoms with Crippen LogP contribution < -0.4 is 5.32 Å². The summed E-state index contributed by atoms with van der Waals surface area (Å²) in [7, 11) is 1.69. The number of halogens is 1. The maximum atomic E-state index is 12.9. The fourth-order valence-corrected chi connectivity index (χ4v) is 4.20. The van der Waals surface area contributed by atoms with Crippen molar-refractivity contribution in [3.8, 4) is 0 Å². The molecule has 1 N–H and O–H groups in total. The van der Waals surface area contributed by atoms with E-state index in [4.69, 9.17) is 4.74 Å². The van der Waals surface area contributed by atoms with Gasteiger partial charge in [0, 0.05) is 51.3 Å². The second-order valence-electron chi connectivity index (χ2n) is 6.29. The highest BCUT2D eigenvalue weighted by molar-refractivity contribution is 7.09. The molecule has 2 saturated heterocycles. The van der Waals surface area contributed by atoms with Gasteiger partial charge in [-0.25, -0.2) is 0 Å². The lowest BCUT2D eigenvalue weighted by atomic mass is 9.86. The van der Waals surface area contributed by atoms with Crippen molar-refractivity contribution in [2.24, 2.45) is 5.41 Å². The van der Waals surface area contributed by atoms with Gasteiger partial charge in [-0.15, -0.1) is 23.7 Å². The minimum Gasteiger partial charge on any atom is -0.384 e. The Labute approximate surface area is 148 Å². The second kappa shape index (κ2) is 8.44. The third-order valence-corrected chi connectivity index (χ3v) is 5.60. The van der Waals surface area contributed by atoms with E-state index in [0.717, 1.165) is 52.2 Å². The van der Waals surface area contributed by atoms with Crippen LogP contribution in [0, 0.1) is 5.41 Å². The number of methoxy groups -OCH3 is 1. The molecular formula is C16H26ClN3O2S. The first kappa shape index (κ1) is 18.7. The van der Waals surface area contributed by atoms with Crippen LogP contribution in [0.5, 0.6) is 0 Å². The summed E-state index contributed by atoms with van der Waals surface area (Å²) in [6, 6.07) is 4.28. The van der Waals surface area contributed by atoms with E-state index in [1.54, 1.807) is 18.4 Å². The Balaban J connectivity index is 0.00000192. The number of nitrogens with one attached hydrogen (secondary N) is 1. The standard InChI is InChI=1S/C16H25N3O2S.ClH/c1-21-13-16(4-5-17-12-16)15(20)19-8-6-18(7-9-19)11-14-3-2-10-22-14;/h2-3,10,17H,4-9,11-13H2,1H3;1H. The van der Waals surface area contributed by atoms with Crippen LogP contribution in [0.15, 0.2) is 17.5 Å². The minimum absolute atomic E-state index is 0. The molecule has 0 bridgehead atoms. The maximum Gasteiger partial charge on any atom is 0.232 e. The van der Waals surface area contributed by atoms with E-state index in [1.165, 1.54) is 4.88 Å². The number of nitrogens with zero attached hydrogens (tertiary/aromatic N) is 2. The fraction of sp³-hybridized carbons (Fsp3) is 0.688. The van der Waals surface area contributed by atoms with Crippen LogP contribution in [0.4, 0.5) is 0 Å². The van der Waals surface area contributed by atoms with E-state index < -0.39 is 0 Å². The highest BCUT2D eigenvalue weighted by atomic mass is 35.5. The number of rotatable bonds is 5. The summed E-state index contributed by atoms with van der Waals surface area (Å²) in [6.45, 7) is 6.76. The number of hydrogen-bond acceptors (Lipinski definition) is 5. The molecule has 0 saturated carbocycles. The molecule has 7 heteroatoms. The highest BCUT2D eigenvalue weighted by Gasteiger charge is 2.44. The molecule has 23 heavy (non-hydrogen) atoms. The zero-order valence-electron chi connectivity index (χ0n) is 13.6. The average molecular weight is 360 g/mol. The molecule has 2 aliphatic heterocycles. The van der Waals surface area contributed by atoms with Crippen molar-refractivity contribution >= 4 is 29.7 Å². The lowest BCUT2D eigenvalue weighted by molar-refractivity contribution is -0.146. The van der Waals surface area contributed by atoms with Crippen molar-refractivity contribution in [3.05, 3.63) is 22.4 Å². The van der Waals surface area contributed by atoms with Gasteiger partial charge in [0.15, 0.2) is 0 Å². The van der Waals surface area contributed by atoms with Gasteiger partial charge in [0.05, 0.1) is 12.0 Å². The second-order valence-corrected chi connectivity index (χ2v) is 7.32. The molecule has 0 spiro atoms. The molecule has 3 rings (SSSR count). The molecule has 1 aromatic heterocycles. The highest BCUT2D eigenvalue weighted by Crippen LogP contribution is 2.29. The van der Waals surface area contributed by atoms with Crippen molar-refractivity contribution in [3.63, 3.8) is 0 Å². The Hall–Kier alpha value is -0.660. The zero-order chi connectivity index (χ0) is 15.4. The topological polar surface area (TPSA) is 44.8 Å².